The van der Waals surface area contributed by atoms with Crippen LogP contribution in [0.5, 0.6) is 0 Å². The van der Waals surface area contributed by atoms with Gasteiger partial charge in [-0.2, -0.15) is 4.31 Å². The Hall–Kier alpha value is -0.890. The molecule has 0 amide bonds. The molecular weight excluding hydrogens is 278 g/mol. The van der Waals surface area contributed by atoms with E-state index >= 15 is 0 Å². The first-order valence-electron chi connectivity index (χ1n) is 6.81. The Bertz CT molecular complexity index is 549. The molecule has 6 nitrogen and oxygen atoms in total. The van der Waals surface area contributed by atoms with Crippen LogP contribution >= 0.6 is 0 Å². The molecule has 2 rings (SSSR count). The van der Waals surface area contributed by atoms with Crippen LogP contribution in [0.4, 0.5) is 0 Å². The molecule has 0 atom stereocenters. The topological polar surface area (TPSA) is 63.6 Å². The number of hydrogen-bond donors (Lipinski definition) is 1. The molecule has 0 bridgehead atoms. The van der Waals surface area contributed by atoms with Crippen molar-refractivity contribution in [3.63, 3.8) is 0 Å². The lowest BCUT2D eigenvalue weighted by Gasteiger charge is -2.15. The Morgan fingerprint density at radius 2 is 2.20 bits per heavy atom. The average Bonchev–Trinajstić information content (AvgIpc) is 3.17. The third kappa shape index (κ3) is 3.22. The molecule has 0 spiro atoms. The first-order chi connectivity index (χ1) is 9.50. The van der Waals surface area contributed by atoms with E-state index in [4.69, 9.17) is 4.74 Å². The number of methoxy groups -OCH3 is 1. The predicted octanol–water partition coefficient (Wildman–Crippen LogP) is 0.809. The van der Waals surface area contributed by atoms with Gasteiger partial charge in [0.1, 0.15) is 4.90 Å². The van der Waals surface area contributed by atoms with Crippen molar-refractivity contribution in [3.8, 4) is 0 Å². The fraction of sp³-hybridized carbons (Fsp3) is 0.692. The van der Waals surface area contributed by atoms with Gasteiger partial charge >= 0.3 is 0 Å². The highest BCUT2D eigenvalue weighted by atomic mass is 32.2. The van der Waals surface area contributed by atoms with Gasteiger partial charge in [0.15, 0.2) is 0 Å². The van der Waals surface area contributed by atoms with Crippen molar-refractivity contribution in [3.05, 3.63) is 18.0 Å². The summed E-state index contributed by atoms with van der Waals surface area (Å²) in [6.07, 6.45) is 4.03. The Kier molecular flexibility index (Phi) is 4.85. The molecule has 0 unspecified atom stereocenters. The van der Waals surface area contributed by atoms with E-state index < -0.39 is 10.0 Å². The summed E-state index contributed by atoms with van der Waals surface area (Å²) in [6, 6.07) is 2.24. The molecule has 114 valence electrons. The summed E-state index contributed by atoms with van der Waals surface area (Å²) < 4.78 is 33.3. The van der Waals surface area contributed by atoms with E-state index in [0.29, 0.717) is 30.6 Å². The zero-order chi connectivity index (χ0) is 14.8. The second-order valence-corrected chi connectivity index (χ2v) is 7.20. The Morgan fingerprint density at radius 3 is 2.75 bits per heavy atom. The van der Waals surface area contributed by atoms with Crippen LogP contribution in [0.25, 0.3) is 0 Å². The lowest BCUT2D eigenvalue weighted by Crippen LogP contribution is -2.29. The van der Waals surface area contributed by atoms with Crippen molar-refractivity contribution in [1.82, 2.24) is 14.2 Å². The number of nitrogens with one attached hydrogen (secondary N) is 1. The zero-order valence-electron chi connectivity index (χ0n) is 12.3. The molecule has 0 aliphatic heterocycles. The van der Waals surface area contributed by atoms with Crippen LogP contribution in [0, 0.1) is 0 Å². The van der Waals surface area contributed by atoms with Crippen molar-refractivity contribution >= 4 is 10.0 Å². The van der Waals surface area contributed by atoms with Crippen LogP contribution in [0.2, 0.25) is 0 Å². The Morgan fingerprint density at radius 1 is 1.50 bits per heavy atom. The van der Waals surface area contributed by atoms with E-state index in [-0.39, 0.29) is 0 Å². The van der Waals surface area contributed by atoms with Gasteiger partial charge in [0.2, 0.25) is 10.0 Å². The summed E-state index contributed by atoms with van der Waals surface area (Å²) in [4.78, 5) is 0.369. The molecule has 1 saturated carbocycles. The minimum absolute atomic E-state index is 0.356. The summed E-state index contributed by atoms with van der Waals surface area (Å²) in [5, 5.41) is 3.09. The summed E-state index contributed by atoms with van der Waals surface area (Å²) in [6.45, 7) is 1.42. The van der Waals surface area contributed by atoms with Crippen LogP contribution in [0.3, 0.4) is 0 Å². The number of aromatic nitrogens is 1. The van der Waals surface area contributed by atoms with E-state index in [1.807, 2.05) is 7.05 Å². The average molecular weight is 301 g/mol. The van der Waals surface area contributed by atoms with Crippen molar-refractivity contribution < 1.29 is 13.2 Å². The maximum absolute atomic E-state index is 12.5. The fourth-order valence-corrected chi connectivity index (χ4v) is 3.38. The van der Waals surface area contributed by atoms with E-state index in [9.17, 15) is 8.42 Å². The van der Waals surface area contributed by atoms with Gasteiger partial charge in [-0.3, -0.25) is 0 Å². The number of ether oxygens (including phenoxy) is 1. The molecule has 0 saturated heterocycles. The van der Waals surface area contributed by atoms with Gasteiger partial charge in [-0.15, -0.1) is 0 Å². The molecule has 1 fully saturated rings. The maximum atomic E-state index is 12.5. The van der Waals surface area contributed by atoms with Gasteiger partial charge < -0.3 is 14.6 Å². The molecule has 0 radical (unpaired) electrons. The van der Waals surface area contributed by atoms with Crippen LogP contribution in [0.15, 0.2) is 17.2 Å². The minimum Gasteiger partial charge on any atom is -0.383 e. The maximum Gasteiger partial charge on any atom is 0.244 e. The predicted molar refractivity (Wildman–Crippen MR) is 77.2 cm³/mol. The van der Waals surface area contributed by atoms with Crippen LogP contribution in [-0.2, 0) is 21.3 Å². The third-order valence-electron chi connectivity index (χ3n) is 3.52. The summed E-state index contributed by atoms with van der Waals surface area (Å²) >= 11 is 0. The number of hydrogen-bond acceptors (Lipinski definition) is 4. The molecule has 1 aliphatic rings. The lowest BCUT2D eigenvalue weighted by molar-refractivity contribution is 0.185. The van der Waals surface area contributed by atoms with Crippen molar-refractivity contribution in [1.29, 1.82) is 0 Å². The highest BCUT2D eigenvalue weighted by molar-refractivity contribution is 7.89. The van der Waals surface area contributed by atoms with E-state index in [1.54, 1.807) is 26.4 Å². The minimum atomic E-state index is -3.43. The molecule has 1 heterocycles. The van der Waals surface area contributed by atoms with Crippen molar-refractivity contribution in [2.45, 2.75) is 30.3 Å². The van der Waals surface area contributed by atoms with Crippen molar-refractivity contribution in [2.24, 2.45) is 0 Å². The van der Waals surface area contributed by atoms with E-state index in [1.165, 1.54) is 4.31 Å². The SMILES string of the molecule is CNCc1cc(S(=O)(=O)N(C)CCOC)cn1C1CC1. The molecule has 0 aromatic carbocycles. The molecular formula is C13H23N3O3S. The highest BCUT2D eigenvalue weighted by Crippen LogP contribution is 2.37. The molecule has 1 aromatic heterocycles. The molecule has 1 aromatic rings. The van der Waals surface area contributed by atoms with Crippen molar-refractivity contribution in [2.75, 3.05) is 34.4 Å². The number of sulfonamides is 1. The summed E-state index contributed by atoms with van der Waals surface area (Å²) in [5.41, 5.74) is 1.02. The second-order valence-electron chi connectivity index (χ2n) is 5.16. The summed E-state index contributed by atoms with van der Waals surface area (Å²) in [7, 11) is 1.58. The van der Waals surface area contributed by atoms with Crippen LogP contribution < -0.4 is 5.32 Å². The summed E-state index contributed by atoms with van der Waals surface area (Å²) in [5.74, 6) is 0. The molecule has 1 aliphatic carbocycles. The van der Waals surface area contributed by atoms with Gasteiger partial charge in [0, 0.05) is 45.2 Å². The Labute approximate surface area is 120 Å². The van der Waals surface area contributed by atoms with Crippen LogP contribution in [-0.4, -0.2) is 51.6 Å². The largest absolute Gasteiger partial charge is 0.383 e. The first-order valence-corrected chi connectivity index (χ1v) is 8.25. The number of nitrogens with zero attached hydrogens (tertiary/aromatic N) is 2. The zero-order valence-corrected chi connectivity index (χ0v) is 13.1. The monoisotopic (exact) mass is 301 g/mol. The molecule has 20 heavy (non-hydrogen) atoms. The molecule has 1 N–H and O–H groups in total. The smallest absolute Gasteiger partial charge is 0.244 e. The van der Waals surface area contributed by atoms with E-state index in [2.05, 4.69) is 9.88 Å². The highest BCUT2D eigenvalue weighted by Gasteiger charge is 2.29. The van der Waals surface area contributed by atoms with Gasteiger partial charge in [-0.05, 0) is 26.0 Å². The number of likely N-dealkylation sites (N-methyl/N-ethyl adjacent to an activating group) is 1. The fourth-order valence-electron chi connectivity index (χ4n) is 2.17. The van der Waals surface area contributed by atoms with Gasteiger partial charge in [-0.1, -0.05) is 0 Å². The quantitative estimate of drug-likeness (QED) is 0.772. The van der Waals surface area contributed by atoms with Gasteiger partial charge in [0.25, 0.3) is 0 Å². The third-order valence-corrected chi connectivity index (χ3v) is 5.35. The number of rotatable bonds is 8. The van der Waals surface area contributed by atoms with Gasteiger partial charge in [-0.25, -0.2) is 8.42 Å². The Balaban J connectivity index is 2.24. The second kappa shape index (κ2) is 6.26. The first kappa shape index (κ1) is 15.5. The normalized spacial score (nSPS) is 16.0. The standard InChI is InChI=1S/C13H23N3O3S/c1-14-9-12-8-13(10-16(12)11-4-5-11)20(17,18)15(2)6-7-19-3/h8,10-11,14H,4-7,9H2,1-3H3. The van der Waals surface area contributed by atoms with Crippen LogP contribution in [0.1, 0.15) is 24.6 Å². The van der Waals surface area contributed by atoms with Gasteiger partial charge in [0.05, 0.1) is 6.61 Å². The lowest BCUT2D eigenvalue weighted by atomic mass is 10.4. The van der Waals surface area contributed by atoms with E-state index in [0.717, 1.165) is 18.5 Å². The molecule has 7 heteroatoms.